The second kappa shape index (κ2) is 11.5. The summed E-state index contributed by atoms with van der Waals surface area (Å²) in [6.45, 7) is 3.79. The number of urea groups is 1. The van der Waals surface area contributed by atoms with E-state index in [2.05, 4.69) is 21.3 Å². The van der Waals surface area contributed by atoms with Gasteiger partial charge in [0.2, 0.25) is 5.91 Å². The van der Waals surface area contributed by atoms with E-state index in [0.29, 0.717) is 28.4 Å². The van der Waals surface area contributed by atoms with Gasteiger partial charge in [0.25, 0.3) is 11.8 Å². The van der Waals surface area contributed by atoms with Crippen molar-refractivity contribution in [2.75, 3.05) is 30.8 Å². The number of carbonyl (C=O) groups is 4. The summed E-state index contributed by atoms with van der Waals surface area (Å²) in [5.41, 5.74) is 1.90. The third-order valence-electron chi connectivity index (χ3n) is 4.60. The van der Waals surface area contributed by atoms with E-state index in [1.807, 2.05) is 13.0 Å². The van der Waals surface area contributed by atoms with E-state index in [1.165, 1.54) is 14.0 Å². The summed E-state index contributed by atoms with van der Waals surface area (Å²) in [5.74, 6) is -0.950. The molecule has 9 nitrogen and oxygen atoms in total. The van der Waals surface area contributed by atoms with Gasteiger partial charge < -0.3 is 20.9 Å². The minimum atomic E-state index is -0.739. The predicted molar refractivity (Wildman–Crippen MR) is 118 cm³/mol. The van der Waals surface area contributed by atoms with Gasteiger partial charge in [-0.1, -0.05) is 30.3 Å². The fourth-order valence-corrected chi connectivity index (χ4v) is 3.15. The van der Waals surface area contributed by atoms with E-state index in [4.69, 9.17) is 0 Å². The molecule has 5 N–H and O–H groups in total. The predicted octanol–water partition coefficient (Wildman–Crippen LogP) is 0.685. The van der Waals surface area contributed by atoms with Crippen LogP contribution in [0.3, 0.4) is 0 Å². The number of nitrogens with one attached hydrogen (secondary N) is 5. The van der Waals surface area contributed by atoms with E-state index in [-0.39, 0.29) is 18.4 Å². The maximum Gasteiger partial charge on any atom is 0.321 e. The first-order valence-electron chi connectivity index (χ1n) is 9.93. The molecule has 0 aliphatic heterocycles. The van der Waals surface area contributed by atoms with Crippen LogP contribution in [0, 0.1) is 0 Å². The van der Waals surface area contributed by atoms with E-state index in [1.54, 1.807) is 48.5 Å². The van der Waals surface area contributed by atoms with Crippen molar-refractivity contribution < 1.29 is 24.1 Å². The van der Waals surface area contributed by atoms with E-state index in [9.17, 15) is 19.2 Å². The highest BCUT2D eigenvalue weighted by Gasteiger charge is 2.33. The standard InChI is InChI=1S/C22H27N5O4/c1-4-27(14-19(29)25-18-12-10-17(11-13-18)24-15(2)28)20(16-8-6-5-7-9-16)21(30)26-22(31)23-3/h5-13,20H,4,14H2,1-3H3,(H,24,28)(H,25,29)(H2,23,26,30,31)/p+1/t20-/m1/s1. The number of imide groups is 1. The Labute approximate surface area is 181 Å². The SMILES string of the molecule is CC[NH+](CC(=O)Nc1ccc(NC(C)=O)cc1)[C@@H](C(=O)NC(=O)NC)c1ccccc1. The van der Waals surface area contributed by atoms with Crippen LogP contribution in [0.25, 0.3) is 0 Å². The highest BCUT2D eigenvalue weighted by Crippen LogP contribution is 2.13. The molecule has 2 aromatic carbocycles. The molecule has 0 radical (unpaired) electrons. The topological polar surface area (TPSA) is 121 Å². The molecule has 164 valence electrons. The number of rotatable bonds is 8. The van der Waals surface area contributed by atoms with Gasteiger partial charge >= 0.3 is 6.03 Å². The molecule has 1 unspecified atom stereocenters. The summed E-state index contributed by atoms with van der Waals surface area (Å²) in [5, 5.41) is 10.1. The monoisotopic (exact) mass is 426 g/mol. The number of carbonyl (C=O) groups excluding carboxylic acids is 4. The molecule has 31 heavy (non-hydrogen) atoms. The minimum absolute atomic E-state index is 0.0185. The second-order valence-electron chi connectivity index (χ2n) is 6.91. The lowest BCUT2D eigenvalue weighted by molar-refractivity contribution is -0.912. The average molecular weight is 426 g/mol. The van der Waals surface area contributed by atoms with Gasteiger partial charge in [-0.25, -0.2) is 4.79 Å². The van der Waals surface area contributed by atoms with Gasteiger partial charge in [-0.3, -0.25) is 19.7 Å². The Hall–Kier alpha value is -3.72. The molecule has 9 heteroatoms. The third kappa shape index (κ3) is 7.23. The fourth-order valence-electron chi connectivity index (χ4n) is 3.15. The molecule has 0 bridgehead atoms. The largest absolute Gasteiger partial charge is 0.341 e. The van der Waals surface area contributed by atoms with Crippen LogP contribution < -0.4 is 26.2 Å². The van der Waals surface area contributed by atoms with Gasteiger partial charge in [0, 0.05) is 30.9 Å². The van der Waals surface area contributed by atoms with E-state index < -0.39 is 18.0 Å². The molecule has 5 amide bonds. The van der Waals surface area contributed by atoms with Crippen LogP contribution in [0.4, 0.5) is 16.2 Å². The van der Waals surface area contributed by atoms with E-state index in [0.717, 1.165) is 0 Å². The zero-order chi connectivity index (χ0) is 22.8. The van der Waals surface area contributed by atoms with Crippen LogP contribution in [0.1, 0.15) is 25.5 Å². The summed E-state index contributed by atoms with van der Waals surface area (Å²) < 4.78 is 0. The number of hydrogen-bond acceptors (Lipinski definition) is 4. The summed E-state index contributed by atoms with van der Waals surface area (Å²) in [7, 11) is 1.43. The number of benzene rings is 2. The molecule has 2 rings (SSSR count). The quantitative estimate of drug-likeness (QED) is 0.426. The van der Waals surface area contributed by atoms with Crippen LogP contribution in [-0.2, 0) is 14.4 Å². The first-order chi connectivity index (χ1) is 14.8. The van der Waals surface area contributed by atoms with Crippen LogP contribution in [0.15, 0.2) is 54.6 Å². The van der Waals surface area contributed by atoms with Crippen molar-refractivity contribution in [2.45, 2.75) is 19.9 Å². The lowest BCUT2D eigenvalue weighted by atomic mass is 10.0. The van der Waals surface area contributed by atoms with Gasteiger partial charge in [0.05, 0.1) is 6.54 Å². The maximum atomic E-state index is 12.8. The number of anilines is 2. The molecule has 2 atom stereocenters. The summed E-state index contributed by atoms with van der Waals surface area (Å²) in [6, 6.07) is 14.4. The Kier molecular flexibility index (Phi) is 8.71. The lowest BCUT2D eigenvalue weighted by Gasteiger charge is -2.26. The molecular weight excluding hydrogens is 398 g/mol. The molecular formula is C22H28N5O4+. The minimum Gasteiger partial charge on any atom is -0.341 e. The molecule has 0 aromatic heterocycles. The molecule has 0 aliphatic rings. The summed E-state index contributed by atoms with van der Waals surface area (Å²) >= 11 is 0. The summed E-state index contributed by atoms with van der Waals surface area (Å²) in [6.07, 6.45) is 0. The van der Waals surface area contributed by atoms with Crippen molar-refractivity contribution in [2.24, 2.45) is 0 Å². The van der Waals surface area contributed by atoms with Gasteiger partial charge in [-0.15, -0.1) is 0 Å². The van der Waals surface area contributed by atoms with Crippen molar-refractivity contribution in [3.05, 3.63) is 60.2 Å². The molecule has 0 saturated heterocycles. The molecule has 0 saturated carbocycles. The van der Waals surface area contributed by atoms with Crippen molar-refractivity contribution >= 4 is 35.1 Å². The van der Waals surface area contributed by atoms with Crippen molar-refractivity contribution in [1.82, 2.24) is 10.6 Å². The third-order valence-corrected chi connectivity index (χ3v) is 4.60. The Bertz CT molecular complexity index is 915. The summed E-state index contributed by atoms with van der Waals surface area (Å²) in [4.78, 5) is 48.9. The Morgan fingerprint density at radius 2 is 1.48 bits per heavy atom. The second-order valence-corrected chi connectivity index (χ2v) is 6.91. The van der Waals surface area contributed by atoms with Crippen LogP contribution >= 0.6 is 0 Å². The van der Waals surface area contributed by atoms with Crippen LogP contribution in [0.2, 0.25) is 0 Å². The zero-order valence-electron chi connectivity index (χ0n) is 17.8. The highest BCUT2D eigenvalue weighted by atomic mass is 16.2. The van der Waals surface area contributed by atoms with Crippen LogP contribution in [0.5, 0.6) is 0 Å². The highest BCUT2D eigenvalue weighted by molar-refractivity contribution is 5.97. The number of hydrogen-bond donors (Lipinski definition) is 5. The van der Waals surface area contributed by atoms with Crippen LogP contribution in [-0.4, -0.2) is 43.9 Å². The van der Waals surface area contributed by atoms with Gasteiger partial charge in [0.15, 0.2) is 12.6 Å². The zero-order valence-corrected chi connectivity index (χ0v) is 17.8. The maximum absolute atomic E-state index is 12.8. The number of quaternary nitrogens is 1. The van der Waals surface area contributed by atoms with Gasteiger partial charge in [0.1, 0.15) is 0 Å². The molecule has 2 aromatic rings. The molecule has 0 fully saturated rings. The Morgan fingerprint density at radius 1 is 0.903 bits per heavy atom. The number of likely N-dealkylation sites (N-methyl/N-ethyl adjacent to an activating group) is 1. The van der Waals surface area contributed by atoms with Crippen molar-refractivity contribution in [3.8, 4) is 0 Å². The Balaban J connectivity index is 2.14. The van der Waals surface area contributed by atoms with Crippen molar-refractivity contribution in [3.63, 3.8) is 0 Å². The van der Waals surface area contributed by atoms with Gasteiger partial charge in [-0.05, 0) is 31.2 Å². The van der Waals surface area contributed by atoms with E-state index >= 15 is 0 Å². The number of amides is 5. The molecule has 0 spiro atoms. The van der Waals surface area contributed by atoms with Crippen molar-refractivity contribution in [1.29, 1.82) is 0 Å². The molecule has 0 heterocycles. The fraction of sp³-hybridized carbons (Fsp3) is 0.273. The molecule has 0 aliphatic carbocycles. The lowest BCUT2D eigenvalue weighted by Crippen LogP contribution is -3.14. The first kappa shape index (κ1) is 23.6. The Morgan fingerprint density at radius 3 is 2.00 bits per heavy atom. The first-order valence-corrected chi connectivity index (χ1v) is 9.93. The smallest absolute Gasteiger partial charge is 0.321 e. The van der Waals surface area contributed by atoms with Gasteiger partial charge in [-0.2, -0.15) is 0 Å². The normalized spacial score (nSPS) is 12.2. The average Bonchev–Trinajstić information content (AvgIpc) is 2.74.